The molecule has 0 aliphatic carbocycles. The molecule has 0 amide bonds. The Morgan fingerprint density at radius 2 is 1.00 bits per heavy atom. The van der Waals surface area contributed by atoms with Crippen molar-refractivity contribution in [2.45, 2.75) is 0 Å². The van der Waals surface area contributed by atoms with Crippen LogP contribution in [0.3, 0.4) is 0 Å². The number of ether oxygens (including phenoxy) is 1. The molecule has 0 radical (unpaired) electrons. The molecule has 0 heterocycles. The van der Waals surface area contributed by atoms with E-state index in [1.54, 1.807) is 7.11 Å². The molecule has 0 spiro atoms. The van der Waals surface area contributed by atoms with Crippen LogP contribution in [0.15, 0.2) is 91.0 Å². The van der Waals surface area contributed by atoms with Gasteiger partial charge in [0.15, 0.2) is 0 Å². The van der Waals surface area contributed by atoms with Crippen LogP contribution in [0, 0.1) is 0 Å². The molecular weight excluding hydrogens is 340 g/mol. The van der Waals surface area contributed by atoms with E-state index in [1.165, 1.54) is 53.9 Å². The second kappa shape index (κ2) is 5.71. The number of hydrogen-bond acceptors (Lipinski definition) is 1. The van der Waals surface area contributed by atoms with E-state index in [2.05, 4.69) is 91.0 Å². The number of hydrogen-bond donors (Lipinski definition) is 0. The SMILES string of the molecule is COc1ccc2c(ccc3ccc4ccc5ccc6ccccc6c5c4c32)c1. The summed E-state index contributed by atoms with van der Waals surface area (Å²) in [5, 5.41) is 12.9. The van der Waals surface area contributed by atoms with E-state index >= 15 is 0 Å². The van der Waals surface area contributed by atoms with Crippen molar-refractivity contribution in [3.05, 3.63) is 91.0 Å². The lowest BCUT2D eigenvalue weighted by Gasteiger charge is -2.13. The summed E-state index contributed by atoms with van der Waals surface area (Å²) in [7, 11) is 1.72. The first-order valence-electron chi connectivity index (χ1n) is 9.57. The fraction of sp³-hybridized carbons (Fsp3) is 0.0370. The summed E-state index contributed by atoms with van der Waals surface area (Å²) in [6, 6.07) is 32.9. The van der Waals surface area contributed by atoms with Gasteiger partial charge >= 0.3 is 0 Å². The Balaban J connectivity index is 1.95. The van der Waals surface area contributed by atoms with Crippen LogP contribution in [0.2, 0.25) is 0 Å². The molecule has 0 aromatic heterocycles. The van der Waals surface area contributed by atoms with Crippen LogP contribution < -0.4 is 4.74 Å². The van der Waals surface area contributed by atoms with Crippen molar-refractivity contribution in [3.8, 4) is 5.75 Å². The van der Waals surface area contributed by atoms with Crippen molar-refractivity contribution in [1.82, 2.24) is 0 Å². The zero-order valence-corrected chi connectivity index (χ0v) is 15.6. The molecule has 28 heavy (non-hydrogen) atoms. The van der Waals surface area contributed by atoms with E-state index in [0.29, 0.717) is 0 Å². The average Bonchev–Trinajstić information content (AvgIpc) is 2.77. The first kappa shape index (κ1) is 15.5. The quantitative estimate of drug-likeness (QED) is 0.277. The molecule has 1 nitrogen and oxygen atoms in total. The third-order valence-corrected chi connectivity index (χ3v) is 5.89. The second-order valence-corrected chi connectivity index (χ2v) is 7.36. The van der Waals surface area contributed by atoms with Crippen molar-refractivity contribution >= 4 is 53.9 Å². The summed E-state index contributed by atoms with van der Waals surface area (Å²) in [6.07, 6.45) is 0. The van der Waals surface area contributed by atoms with E-state index in [0.717, 1.165) is 5.75 Å². The van der Waals surface area contributed by atoms with Crippen LogP contribution in [0.1, 0.15) is 0 Å². The summed E-state index contributed by atoms with van der Waals surface area (Å²) in [6.45, 7) is 0. The fourth-order valence-corrected chi connectivity index (χ4v) is 4.57. The van der Waals surface area contributed by atoms with Gasteiger partial charge in [0.05, 0.1) is 7.11 Å². The number of methoxy groups -OCH3 is 1. The molecule has 6 aromatic rings. The molecule has 132 valence electrons. The molecule has 0 atom stereocenters. The zero-order valence-electron chi connectivity index (χ0n) is 15.6. The zero-order chi connectivity index (χ0) is 18.7. The van der Waals surface area contributed by atoms with Crippen molar-refractivity contribution in [1.29, 1.82) is 0 Å². The highest BCUT2D eigenvalue weighted by Gasteiger charge is 2.11. The Hall–Kier alpha value is -3.58. The summed E-state index contributed by atoms with van der Waals surface area (Å²) in [4.78, 5) is 0. The first-order chi connectivity index (χ1) is 13.8. The van der Waals surface area contributed by atoms with E-state index in [1.807, 2.05) is 0 Å². The van der Waals surface area contributed by atoms with Gasteiger partial charge in [-0.1, -0.05) is 78.9 Å². The maximum atomic E-state index is 5.45. The molecule has 6 rings (SSSR count). The molecule has 0 fully saturated rings. The molecule has 0 aliphatic heterocycles. The molecule has 0 unspecified atom stereocenters. The highest BCUT2D eigenvalue weighted by molar-refractivity contribution is 6.32. The predicted octanol–water partition coefficient (Wildman–Crippen LogP) is 7.46. The van der Waals surface area contributed by atoms with E-state index in [4.69, 9.17) is 4.74 Å². The second-order valence-electron chi connectivity index (χ2n) is 7.36. The highest BCUT2D eigenvalue weighted by atomic mass is 16.5. The molecule has 0 saturated heterocycles. The van der Waals surface area contributed by atoms with E-state index in [-0.39, 0.29) is 0 Å². The molecule has 6 aromatic carbocycles. The van der Waals surface area contributed by atoms with Gasteiger partial charge in [0, 0.05) is 0 Å². The summed E-state index contributed by atoms with van der Waals surface area (Å²) in [5.41, 5.74) is 0. The minimum absolute atomic E-state index is 0.891. The topological polar surface area (TPSA) is 9.23 Å². The summed E-state index contributed by atoms with van der Waals surface area (Å²) < 4.78 is 5.45. The lowest BCUT2D eigenvalue weighted by atomic mass is 9.91. The van der Waals surface area contributed by atoms with Crippen LogP contribution in [-0.4, -0.2) is 7.11 Å². The minimum Gasteiger partial charge on any atom is -0.497 e. The first-order valence-corrected chi connectivity index (χ1v) is 9.57. The largest absolute Gasteiger partial charge is 0.497 e. The van der Waals surface area contributed by atoms with Crippen LogP contribution >= 0.6 is 0 Å². The van der Waals surface area contributed by atoms with Crippen molar-refractivity contribution in [3.63, 3.8) is 0 Å². The lowest BCUT2D eigenvalue weighted by molar-refractivity contribution is 0.415. The molecular formula is C27H18O. The molecule has 0 aliphatic rings. The minimum atomic E-state index is 0.891. The predicted molar refractivity (Wildman–Crippen MR) is 121 cm³/mol. The number of fused-ring (bicyclic) bond motifs is 9. The van der Waals surface area contributed by atoms with Gasteiger partial charge in [0.25, 0.3) is 0 Å². The van der Waals surface area contributed by atoms with Gasteiger partial charge in [-0.15, -0.1) is 0 Å². The third-order valence-electron chi connectivity index (χ3n) is 5.89. The smallest absolute Gasteiger partial charge is 0.119 e. The number of benzene rings is 6. The van der Waals surface area contributed by atoms with Gasteiger partial charge in [0.1, 0.15) is 5.75 Å². The summed E-state index contributed by atoms with van der Waals surface area (Å²) in [5.74, 6) is 0.891. The highest BCUT2D eigenvalue weighted by Crippen LogP contribution is 2.39. The van der Waals surface area contributed by atoms with Crippen molar-refractivity contribution < 1.29 is 4.74 Å². The van der Waals surface area contributed by atoms with Gasteiger partial charge in [-0.25, -0.2) is 0 Å². The van der Waals surface area contributed by atoms with Crippen LogP contribution in [-0.2, 0) is 0 Å². The Bertz CT molecular complexity index is 1530. The number of rotatable bonds is 1. The Morgan fingerprint density at radius 1 is 0.464 bits per heavy atom. The third kappa shape index (κ3) is 2.07. The maximum absolute atomic E-state index is 5.45. The molecule has 0 saturated carbocycles. The van der Waals surface area contributed by atoms with Gasteiger partial charge < -0.3 is 4.74 Å². The lowest BCUT2D eigenvalue weighted by Crippen LogP contribution is -1.86. The normalized spacial score (nSPS) is 11.8. The van der Waals surface area contributed by atoms with Crippen LogP contribution in [0.25, 0.3) is 53.9 Å². The van der Waals surface area contributed by atoms with Gasteiger partial charge in [-0.05, 0) is 66.0 Å². The van der Waals surface area contributed by atoms with Gasteiger partial charge in [-0.3, -0.25) is 0 Å². The fourth-order valence-electron chi connectivity index (χ4n) is 4.57. The van der Waals surface area contributed by atoms with Gasteiger partial charge in [0.2, 0.25) is 0 Å². The van der Waals surface area contributed by atoms with Crippen LogP contribution in [0.4, 0.5) is 0 Å². The summed E-state index contributed by atoms with van der Waals surface area (Å²) >= 11 is 0. The Kier molecular flexibility index (Phi) is 3.15. The molecule has 1 heteroatoms. The average molecular weight is 358 g/mol. The van der Waals surface area contributed by atoms with Crippen molar-refractivity contribution in [2.24, 2.45) is 0 Å². The molecule has 0 bridgehead atoms. The van der Waals surface area contributed by atoms with E-state index < -0.39 is 0 Å². The van der Waals surface area contributed by atoms with Gasteiger partial charge in [-0.2, -0.15) is 0 Å². The van der Waals surface area contributed by atoms with Crippen molar-refractivity contribution in [2.75, 3.05) is 7.11 Å². The monoisotopic (exact) mass is 358 g/mol. The molecule has 0 N–H and O–H groups in total. The van der Waals surface area contributed by atoms with E-state index in [9.17, 15) is 0 Å². The Labute approximate surface area is 162 Å². The standard InChI is InChI=1S/C27H18O/c1-28-22-14-15-24-21(16-22)13-12-19-9-11-20-10-8-18-7-6-17-4-2-3-5-23(17)25(18)27(20)26(19)24/h2-16H,1H3. The maximum Gasteiger partial charge on any atom is 0.119 e. The van der Waals surface area contributed by atoms with Crippen LogP contribution in [0.5, 0.6) is 5.75 Å². The Morgan fingerprint density at radius 3 is 1.68 bits per heavy atom.